The van der Waals surface area contributed by atoms with Crippen molar-refractivity contribution in [1.29, 1.82) is 0 Å². The van der Waals surface area contributed by atoms with Gasteiger partial charge in [0.15, 0.2) is 0 Å². The smallest absolute Gasteiger partial charge is 0.255 e. The summed E-state index contributed by atoms with van der Waals surface area (Å²) in [6.45, 7) is 0. The molecule has 0 aliphatic heterocycles. The highest BCUT2D eigenvalue weighted by Gasteiger charge is 2.13. The Balaban J connectivity index is 1.78. The van der Waals surface area contributed by atoms with Gasteiger partial charge in [0, 0.05) is 16.0 Å². The Morgan fingerprint density at radius 1 is 0.667 bits per heavy atom. The SMILES string of the molecule is O=C(Nc1ccccc1SC(=O)c1ccccc1)c1ccccc1. The summed E-state index contributed by atoms with van der Waals surface area (Å²) < 4.78 is 0. The summed E-state index contributed by atoms with van der Waals surface area (Å²) in [6.07, 6.45) is 0. The quantitative estimate of drug-likeness (QED) is 0.693. The van der Waals surface area contributed by atoms with Crippen LogP contribution in [0.4, 0.5) is 5.69 Å². The van der Waals surface area contributed by atoms with E-state index in [-0.39, 0.29) is 11.0 Å². The first-order chi connectivity index (χ1) is 11.7. The van der Waals surface area contributed by atoms with Crippen LogP contribution in [0, 0.1) is 0 Å². The third-order valence-electron chi connectivity index (χ3n) is 3.38. The van der Waals surface area contributed by atoms with E-state index < -0.39 is 0 Å². The Bertz CT molecular complexity index is 775. The van der Waals surface area contributed by atoms with Crippen LogP contribution in [0.1, 0.15) is 20.7 Å². The summed E-state index contributed by atoms with van der Waals surface area (Å²) in [7, 11) is 0. The van der Waals surface area contributed by atoms with Crippen molar-refractivity contribution in [2.45, 2.75) is 4.90 Å². The summed E-state index contributed by atoms with van der Waals surface area (Å²) in [5.74, 6) is -0.198. The largest absolute Gasteiger partial charge is 0.321 e. The highest BCUT2D eigenvalue weighted by molar-refractivity contribution is 8.14. The van der Waals surface area contributed by atoms with Crippen molar-refractivity contribution in [3.63, 3.8) is 0 Å². The molecule has 0 radical (unpaired) electrons. The van der Waals surface area contributed by atoms with E-state index in [0.717, 1.165) is 16.7 Å². The average molecular weight is 333 g/mol. The van der Waals surface area contributed by atoms with Crippen molar-refractivity contribution >= 4 is 28.5 Å². The van der Waals surface area contributed by atoms with Crippen LogP contribution in [-0.4, -0.2) is 11.0 Å². The zero-order valence-electron chi connectivity index (χ0n) is 12.8. The molecule has 0 aromatic heterocycles. The van der Waals surface area contributed by atoms with Crippen LogP contribution < -0.4 is 5.32 Å². The molecule has 3 rings (SSSR count). The summed E-state index contributed by atoms with van der Waals surface area (Å²) >= 11 is 1.11. The van der Waals surface area contributed by atoms with Crippen LogP contribution in [0.25, 0.3) is 0 Å². The molecule has 3 aromatic rings. The van der Waals surface area contributed by atoms with Gasteiger partial charge in [0.2, 0.25) is 5.12 Å². The summed E-state index contributed by atoms with van der Waals surface area (Å²) in [5.41, 5.74) is 1.83. The van der Waals surface area contributed by atoms with Gasteiger partial charge in [-0.1, -0.05) is 60.7 Å². The fraction of sp³-hybridized carbons (Fsp3) is 0. The maximum atomic E-state index is 12.4. The molecule has 1 amide bonds. The number of thioether (sulfide) groups is 1. The highest BCUT2D eigenvalue weighted by atomic mass is 32.2. The number of hydrogen-bond acceptors (Lipinski definition) is 3. The van der Waals surface area contributed by atoms with Gasteiger partial charge in [0.25, 0.3) is 5.91 Å². The van der Waals surface area contributed by atoms with Gasteiger partial charge in [-0.15, -0.1) is 0 Å². The van der Waals surface area contributed by atoms with Gasteiger partial charge >= 0.3 is 0 Å². The predicted octanol–water partition coefficient (Wildman–Crippen LogP) is 4.87. The molecule has 0 aliphatic rings. The number of carbonyl (C=O) groups excluding carboxylic acids is 2. The van der Waals surface area contributed by atoms with Crippen LogP contribution in [0.2, 0.25) is 0 Å². The van der Waals surface area contributed by atoms with E-state index in [2.05, 4.69) is 5.32 Å². The minimum absolute atomic E-state index is 0.0583. The molecule has 0 unspecified atom stereocenters. The average Bonchev–Trinajstić information content (AvgIpc) is 2.64. The molecule has 0 aliphatic carbocycles. The lowest BCUT2D eigenvalue weighted by molar-refractivity contribution is 0.102. The Morgan fingerprint density at radius 2 is 1.21 bits per heavy atom. The second-order valence-corrected chi connectivity index (χ2v) is 6.09. The van der Waals surface area contributed by atoms with E-state index in [1.807, 2.05) is 54.6 Å². The van der Waals surface area contributed by atoms with Gasteiger partial charge in [-0.05, 0) is 36.0 Å². The van der Waals surface area contributed by atoms with Crippen LogP contribution >= 0.6 is 11.8 Å². The molecule has 24 heavy (non-hydrogen) atoms. The topological polar surface area (TPSA) is 46.2 Å². The Labute approximate surface area is 144 Å². The van der Waals surface area contributed by atoms with Crippen molar-refractivity contribution < 1.29 is 9.59 Å². The van der Waals surface area contributed by atoms with Gasteiger partial charge in [-0.3, -0.25) is 9.59 Å². The second-order valence-electron chi connectivity index (χ2n) is 5.07. The minimum Gasteiger partial charge on any atom is -0.321 e. The molecule has 0 atom stereocenters. The molecule has 0 saturated heterocycles. The van der Waals surface area contributed by atoms with Gasteiger partial charge < -0.3 is 5.32 Å². The molecule has 3 aromatic carbocycles. The van der Waals surface area contributed by atoms with Crippen molar-refractivity contribution in [2.24, 2.45) is 0 Å². The van der Waals surface area contributed by atoms with Crippen molar-refractivity contribution in [3.8, 4) is 0 Å². The normalized spacial score (nSPS) is 10.2. The zero-order chi connectivity index (χ0) is 16.8. The molecule has 4 heteroatoms. The van der Waals surface area contributed by atoms with E-state index in [4.69, 9.17) is 0 Å². The van der Waals surface area contributed by atoms with E-state index in [0.29, 0.717) is 16.8 Å². The molecule has 0 spiro atoms. The fourth-order valence-corrected chi connectivity index (χ4v) is 3.01. The van der Waals surface area contributed by atoms with Gasteiger partial charge in [-0.2, -0.15) is 0 Å². The number of rotatable bonds is 4. The molecule has 0 fully saturated rings. The van der Waals surface area contributed by atoms with Crippen molar-refractivity contribution in [2.75, 3.05) is 5.32 Å². The van der Waals surface area contributed by atoms with E-state index >= 15 is 0 Å². The van der Waals surface area contributed by atoms with Crippen LogP contribution in [0.5, 0.6) is 0 Å². The minimum atomic E-state index is -0.198. The van der Waals surface area contributed by atoms with E-state index in [1.165, 1.54) is 0 Å². The monoisotopic (exact) mass is 333 g/mol. The number of para-hydroxylation sites is 1. The number of carbonyl (C=O) groups is 2. The maximum Gasteiger partial charge on any atom is 0.255 e. The molecule has 1 N–H and O–H groups in total. The summed E-state index contributed by atoms with van der Waals surface area (Å²) in [5, 5.41) is 2.81. The number of hydrogen-bond donors (Lipinski definition) is 1. The molecule has 0 bridgehead atoms. The molecule has 0 heterocycles. The second kappa shape index (κ2) is 7.62. The fourth-order valence-electron chi connectivity index (χ4n) is 2.18. The maximum absolute atomic E-state index is 12.4. The third kappa shape index (κ3) is 3.91. The standard InChI is InChI=1S/C20H15NO2S/c22-19(15-9-3-1-4-10-15)21-17-13-7-8-14-18(17)24-20(23)16-11-5-2-6-12-16/h1-14H,(H,21,22). The molecular formula is C20H15NO2S. The van der Waals surface area contributed by atoms with E-state index in [9.17, 15) is 9.59 Å². The van der Waals surface area contributed by atoms with Gasteiger partial charge in [0.05, 0.1) is 5.69 Å². The predicted molar refractivity (Wildman–Crippen MR) is 97.5 cm³/mol. The van der Waals surface area contributed by atoms with Crippen molar-refractivity contribution in [1.82, 2.24) is 0 Å². The van der Waals surface area contributed by atoms with E-state index in [1.54, 1.807) is 30.3 Å². The third-order valence-corrected chi connectivity index (χ3v) is 4.38. The molecule has 3 nitrogen and oxygen atoms in total. The van der Waals surface area contributed by atoms with Gasteiger partial charge in [0.1, 0.15) is 0 Å². The van der Waals surface area contributed by atoms with Crippen LogP contribution in [0.3, 0.4) is 0 Å². The molecule has 118 valence electrons. The first-order valence-electron chi connectivity index (χ1n) is 7.47. The summed E-state index contributed by atoms with van der Waals surface area (Å²) in [6, 6.07) is 25.4. The Kier molecular flexibility index (Phi) is 5.08. The Morgan fingerprint density at radius 3 is 1.88 bits per heavy atom. The van der Waals surface area contributed by atoms with Gasteiger partial charge in [-0.25, -0.2) is 0 Å². The van der Waals surface area contributed by atoms with Crippen LogP contribution in [0.15, 0.2) is 89.8 Å². The highest BCUT2D eigenvalue weighted by Crippen LogP contribution is 2.30. The first-order valence-corrected chi connectivity index (χ1v) is 8.28. The number of amides is 1. The number of benzene rings is 3. The lowest BCUT2D eigenvalue weighted by Gasteiger charge is -2.10. The number of anilines is 1. The Hall–Kier alpha value is -2.85. The van der Waals surface area contributed by atoms with Crippen LogP contribution in [-0.2, 0) is 0 Å². The summed E-state index contributed by atoms with van der Waals surface area (Å²) in [4.78, 5) is 25.4. The zero-order valence-corrected chi connectivity index (χ0v) is 13.6. The van der Waals surface area contributed by atoms with Crippen molar-refractivity contribution in [3.05, 3.63) is 96.1 Å². The lowest BCUT2D eigenvalue weighted by atomic mass is 10.2. The lowest BCUT2D eigenvalue weighted by Crippen LogP contribution is -2.12. The number of nitrogens with one attached hydrogen (secondary N) is 1. The molecule has 0 saturated carbocycles. The first kappa shape index (κ1) is 16.0. The molecular weight excluding hydrogens is 318 g/mol.